The zero-order valence-electron chi connectivity index (χ0n) is 12.7. The first-order valence-electron chi connectivity index (χ1n) is 7.44. The van der Waals surface area contributed by atoms with Crippen LogP contribution >= 0.6 is 11.3 Å². The first kappa shape index (κ1) is 15.2. The van der Waals surface area contributed by atoms with Crippen LogP contribution in [0.5, 0.6) is 0 Å². The Morgan fingerprint density at radius 2 is 2.09 bits per heavy atom. The number of hydrogen-bond acceptors (Lipinski definition) is 3. The fraction of sp³-hybridized carbons (Fsp3) is 0.353. The van der Waals surface area contributed by atoms with Crippen LogP contribution in [0.2, 0.25) is 0 Å². The molecule has 22 heavy (non-hydrogen) atoms. The molecule has 3 nitrogen and oxygen atoms in total. The molecule has 0 radical (unpaired) electrons. The lowest BCUT2D eigenvalue weighted by Gasteiger charge is -2.33. The molecule has 3 rings (SSSR count). The van der Waals surface area contributed by atoms with E-state index in [9.17, 15) is 9.18 Å². The molecule has 1 aromatic heterocycles. The van der Waals surface area contributed by atoms with E-state index >= 15 is 0 Å². The van der Waals surface area contributed by atoms with E-state index in [0.29, 0.717) is 0 Å². The van der Waals surface area contributed by atoms with Crippen molar-refractivity contribution in [2.75, 3.05) is 19.6 Å². The number of nitrogens with one attached hydrogen (secondary N) is 1. The number of nitrogens with zero attached hydrogens (tertiary/aromatic N) is 1. The molecule has 0 unspecified atom stereocenters. The number of carbonyl (C=O) groups is 1. The number of amides is 1. The van der Waals surface area contributed by atoms with E-state index < -0.39 is 0 Å². The second kappa shape index (κ2) is 6.18. The Hall–Kier alpha value is -1.72. The maximum absolute atomic E-state index is 13.1. The lowest BCUT2D eigenvalue weighted by Crippen LogP contribution is -2.52. The first-order chi connectivity index (χ1) is 10.6. The molecular formula is C17H19FN2OS. The van der Waals surface area contributed by atoms with Gasteiger partial charge in [-0.3, -0.25) is 4.79 Å². The highest BCUT2D eigenvalue weighted by Gasteiger charge is 2.25. The summed E-state index contributed by atoms with van der Waals surface area (Å²) in [5.41, 5.74) is 2.01. The van der Waals surface area contributed by atoms with Crippen molar-refractivity contribution in [2.24, 2.45) is 0 Å². The molecule has 1 amide bonds. The second-order valence-electron chi connectivity index (χ2n) is 5.68. The van der Waals surface area contributed by atoms with E-state index in [-0.39, 0.29) is 17.8 Å². The van der Waals surface area contributed by atoms with Gasteiger partial charge in [0, 0.05) is 30.6 Å². The summed E-state index contributed by atoms with van der Waals surface area (Å²) < 4.78 is 13.1. The van der Waals surface area contributed by atoms with E-state index in [2.05, 4.69) is 12.2 Å². The molecule has 1 aromatic carbocycles. The highest BCUT2D eigenvalue weighted by Crippen LogP contribution is 2.33. The minimum atomic E-state index is -0.246. The summed E-state index contributed by atoms with van der Waals surface area (Å²) in [6.45, 7) is 6.47. The van der Waals surface area contributed by atoms with Crippen molar-refractivity contribution >= 4 is 17.2 Å². The van der Waals surface area contributed by atoms with E-state index in [1.54, 1.807) is 12.1 Å². The van der Waals surface area contributed by atoms with Gasteiger partial charge in [-0.15, -0.1) is 11.3 Å². The molecule has 0 saturated carbocycles. The lowest BCUT2D eigenvalue weighted by molar-refractivity contribution is 0.0661. The average molecular weight is 318 g/mol. The van der Waals surface area contributed by atoms with Gasteiger partial charge in [-0.2, -0.15) is 0 Å². The van der Waals surface area contributed by atoms with Crippen molar-refractivity contribution in [1.29, 1.82) is 0 Å². The Bertz CT molecular complexity index is 680. The third-order valence-electron chi connectivity index (χ3n) is 4.00. The Morgan fingerprint density at radius 3 is 2.77 bits per heavy atom. The summed E-state index contributed by atoms with van der Waals surface area (Å²) >= 11 is 1.49. The Labute approximate surface area is 133 Å². The predicted molar refractivity (Wildman–Crippen MR) is 87.8 cm³/mol. The monoisotopic (exact) mass is 318 g/mol. The summed E-state index contributed by atoms with van der Waals surface area (Å²) in [5, 5.41) is 3.29. The van der Waals surface area contributed by atoms with Crippen LogP contribution in [0.15, 0.2) is 30.3 Å². The summed E-state index contributed by atoms with van der Waals surface area (Å²) in [7, 11) is 0. The molecule has 1 aliphatic heterocycles. The van der Waals surface area contributed by atoms with Gasteiger partial charge >= 0.3 is 0 Å². The van der Waals surface area contributed by atoms with Crippen LogP contribution in [0, 0.1) is 12.7 Å². The van der Waals surface area contributed by atoms with Gasteiger partial charge in [-0.05, 0) is 43.2 Å². The number of rotatable bonds is 2. The number of aryl methyl sites for hydroxylation is 1. The number of piperazine rings is 1. The maximum atomic E-state index is 13.1. The van der Waals surface area contributed by atoms with Gasteiger partial charge in [0.25, 0.3) is 5.91 Å². The van der Waals surface area contributed by atoms with Crippen molar-refractivity contribution in [1.82, 2.24) is 10.2 Å². The van der Waals surface area contributed by atoms with Crippen LogP contribution in [0.3, 0.4) is 0 Å². The lowest BCUT2D eigenvalue weighted by atomic mass is 10.1. The van der Waals surface area contributed by atoms with Gasteiger partial charge in [0.2, 0.25) is 0 Å². The molecule has 1 saturated heterocycles. The van der Waals surface area contributed by atoms with Gasteiger partial charge < -0.3 is 10.2 Å². The van der Waals surface area contributed by atoms with Crippen LogP contribution in [0.25, 0.3) is 10.4 Å². The minimum absolute atomic E-state index is 0.0930. The molecule has 116 valence electrons. The van der Waals surface area contributed by atoms with Crippen LogP contribution in [-0.4, -0.2) is 36.5 Å². The molecule has 1 aliphatic rings. The molecule has 1 fully saturated rings. The van der Waals surface area contributed by atoms with Crippen molar-refractivity contribution in [3.05, 3.63) is 46.6 Å². The molecular weight excluding hydrogens is 299 g/mol. The van der Waals surface area contributed by atoms with Gasteiger partial charge in [-0.25, -0.2) is 4.39 Å². The van der Waals surface area contributed by atoms with Gasteiger partial charge in [0.05, 0.1) is 4.88 Å². The third-order valence-corrected chi connectivity index (χ3v) is 5.27. The van der Waals surface area contributed by atoms with Crippen molar-refractivity contribution in [2.45, 2.75) is 19.9 Å². The zero-order valence-corrected chi connectivity index (χ0v) is 13.5. The Kier molecular flexibility index (Phi) is 4.27. The molecule has 1 atom stereocenters. The zero-order chi connectivity index (χ0) is 15.7. The maximum Gasteiger partial charge on any atom is 0.264 e. The summed E-state index contributed by atoms with van der Waals surface area (Å²) in [6.07, 6.45) is 0. The third kappa shape index (κ3) is 2.91. The highest BCUT2D eigenvalue weighted by molar-refractivity contribution is 7.17. The summed E-state index contributed by atoms with van der Waals surface area (Å²) in [4.78, 5) is 16.4. The van der Waals surface area contributed by atoms with E-state index in [1.807, 2.05) is 17.9 Å². The first-order valence-corrected chi connectivity index (χ1v) is 8.26. The number of benzene rings is 1. The normalized spacial score (nSPS) is 18.5. The molecule has 5 heteroatoms. The smallest absolute Gasteiger partial charge is 0.264 e. The fourth-order valence-electron chi connectivity index (χ4n) is 2.76. The topological polar surface area (TPSA) is 32.3 Å². The summed E-state index contributed by atoms with van der Waals surface area (Å²) in [5.74, 6) is -0.153. The molecule has 2 aromatic rings. The van der Waals surface area contributed by atoms with Crippen LogP contribution in [0.1, 0.15) is 22.2 Å². The molecule has 2 heterocycles. The Balaban J connectivity index is 1.88. The van der Waals surface area contributed by atoms with Crippen LogP contribution < -0.4 is 5.32 Å². The van der Waals surface area contributed by atoms with E-state index in [0.717, 1.165) is 40.5 Å². The van der Waals surface area contributed by atoms with Gasteiger partial charge in [0.15, 0.2) is 0 Å². The van der Waals surface area contributed by atoms with Crippen LogP contribution in [0.4, 0.5) is 4.39 Å². The number of halogens is 1. The predicted octanol–water partition coefficient (Wildman–Crippen LogP) is 3.30. The molecule has 0 aliphatic carbocycles. The molecule has 1 N–H and O–H groups in total. The summed E-state index contributed by atoms with van der Waals surface area (Å²) in [6, 6.07) is 8.58. The van der Waals surface area contributed by atoms with Crippen molar-refractivity contribution in [3.63, 3.8) is 0 Å². The average Bonchev–Trinajstić information content (AvgIpc) is 2.90. The number of hydrogen-bond donors (Lipinski definition) is 1. The molecule has 0 spiro atoms. The quantitative estimate of drug-likeness (QED) is 0.921. The standard InChI is InChI=1S/C17H19FN2OS/c1-11-9-15(17(21)20-8-7-19-10-12(20)2)22-16(11)13-3-5-14(18)6-4-13/h3-6,9,12,19H,7-8,10H2,1-2H3/t12-/m1/s1. The SMILES string of the molecule is Cc1cc(C(=O)N2CCNC[C@H]2C)sc1-c1ccc(F)cc1. The second-order valence-corrected chi connectivity index (χ2v) is 6.73. The number of thiophene rings is 1. The fourth-order valence-corrected chi connectivity index (χ4v) is 3.89. The largest absolute Gasteiger partial charge is 0.333 e. The van der Waals surface area contributed by atoms with Crippen LogP contribution in [-0.2, 0) is 0 Å². The van der Waals surface area contributed by atoms with E-state index in [4.69, 9.17) is 0 Å². The minimum Gasteiger partial charge on any atom is -0.333 e. The van der Waals surface area contributed by atoms with Gasteiger partial charge in [0.1, 0.15) is 5.82 Å². The molecule has 0 bridgehead atoms. The van der Waals surface area contributed by atoms with Gasteiger partial charge in [-0.1, -0.05) is 12.1 Å². The highest BCUT2D eigenvalue weighted by atomic mass is 32.1. The Morgan fingerprint density at radius 1 is 1.36 bits per heavy atom. The van der Waals surface area contributed by atoms with Crippen molar-refractivity contribution < 1.29 is 9.18 Å². The van der Waals surface area contributed by atoms with Crippen molar-refractivity contribution in [3.8, 4) is 10.4 Å². The van der Waals surface area contributed by atoms with E-state index in [1.165, 1.54) is 23.5 Å². The number of carbonyl (C=O) groups excluding carboxylic acids is 1.